The van der Waals surface area contributed by atoms with E-state index in [-0.39, 0.29) is 17.1 Å². The number of ether oxygens (including phenoxy) is 1. The maximum absolute atomic E-state index is 13.2. The van der Waals surface area contributed by atoms with Gasteiger partial charge in [-0.3, -0.25) is 9.89 Å². The Morgan fingerprint density at radius 1 is 1.28 bits per heavy atom. The largest absolute Gasteiger partial charge is 0.385 e. The Morgan fingerprint density at radius 3 is 2.72 bits per heavy atom. The molecule has 3 heterocycles. The monoisotopic (exact) mass is 439 g/mol. The Kier molecular flexibility index (Phi) is 5.50. The summed E-state index contributed by atoms with van der Waals surface area (Å²) in [5.41, 5.74) is 1.86. The van der Waals surface area contributed by atoms with E-state index in [9.17, 15) is 9.18 Å². The Bertz CT molecular complexity index is 1080. The van der Waals surface area contributed by atoms with Crippen molar-refractivity contribution in [1.82, 2.24) is 25.2 Å². The number of carbonyl (C=O) groups excluding carboxylic acids is 1. The Hall–Kier alpha value is -3.07. The van der Waals surface area contributed by atoms with E-state index in [2.05, 4.69) is 20.3 Å². The molecule has 1 N–H and O–H groups in total. The minimum absolute atomic E-state index is 0.0476. The molecule has 1 saturated heterocycles. The molecular weight excluding hydrogens is 413 g/mol. The maximum atomic E-state index is 13.2. The minimum atomic E-state index is -0.348. The van der Waals surface area contributed by atoms with Crippen LogP contribution in [0.5, 0.6) is 0 Å². The van der Waals surface area contributed by atoms with Crippen molar-refractivity contribution in [2.45, 2.75) is 43.4 Å². The molecule has 8 nitrogen and oxygen atoms in total. The van der Waals surface area contributed by atoms with Crippen molar-refractivity contribution < 1.29 is 18.4 Å². The molecule has 1 aliphatic heterocycles. The zero-order valence-electron chi connectivity index (χ0n) is 18.0. The number of piperidine rings is 1. The Morgan fingerprint density at radius 2 is 2.03 bits per heavy atom. The topological polar surface area (TPSA) is 97.1 Å². The second-order valence-electron chi connectivity index (χ2n) is 8.73. The van der Waals surface area contributed by atoms with Gasteiger partial charge < -0.3 is 14.2 Å². The molecule has 0 bridgehead atoms. The lowest BCUT2D eigenvalue weighted by Crippen LogP contribution is -2.46. The second-order valence-corrected chi connectivity index (χ2v) is 8.73. The van der Waals surface area contributed by atoms with Crippen LogP contribution in [0.2, 0.25) is 0 Å². The van der Waals surface area contributed by atoms with E-state index in [1.807, 2.05) is 11.0 Å². The number of aromatic amines is 1. The third-order valence-electron chi connectivity index (χ3n) is 6.62. The van der Waals surface area contributed by atoms with Crippen LogP contribution >= 0.6 is 0 Å². The van der Waals surface area contributed by atoms with Crippen LogP contribution in [0.3, 0.4) is 0 Å². The van der Waals surface area contributed by atoms with E-state index in [1.165, 1.54) is 12.1 Å². The lowest BCUT2D eigenvalue weighted by Gasteiger charge is -2.39. The molecule has 0 radical (unpaired) electrons. The van der Waals surface area contributed by atoms with Gasteiger partial charge in [-0.2, -0.15) is 10.1 Å². The molecule has 5 rings (SSSR count). The van der Waals surface area contributed by atoms with Crippen molar-refractivity contribution >= 4 is 5.91 Å². The van der Waals surface area contributed by atoms with Gasteiger partial charge >= 0.3 is 0 Å². The first-order valence-electron chi connectivity index (χ1n) is 11.0. The summed E-state index contributed by atoms with van der Waals surface area (Å²) < 4.78 is 24.1. The molecule has 1 aromatic carbocycles. The third-order valence-corrected chi connectivity index (χ3v) is 6.62. The highest BCUT2D eigenvalue weighted by Gasteiger charge is 2.41. The summed E-state index contributed by atoms with van der Waals surface area (Å²) in [6.45, 7) is 1.71. The molecule has 1 aliphatic carbocycles. The zero-order valence-corrected chi connectivity index (χ0v) is 18.0. The van der Waals surface area contributed by atoms with E-state index in [4.69, 9.17) is 9.26 Å². The van der Waals surface area contributed by atoms with Crippen molar-refractivity contribution in [2.75, 3.05) is 26.8 Å². The molecule has 9 heteroatoms. The van der Waals surface area contributed by atoms with E-state index >= 15 is 0 Å². The average molecular weight is 439 g/mol. The third kappa shape index (κ3) is 4.04. The van der Waals surface area contributed by atoms with Gasteiger partial charge in [0.15, 0.2) is 5.82 Å². The fraction of sp³-hybridized carbons (Fsp3) is 0.478. The highest BCUT2D eigenvalue weighted by atomic mass is 19.1. The molecule has 0 atom stereocenters. The first-order valence-corrected chi connectivity index (χ1v) is 11.0. The van der Waals surface area contributed by atoms with Crippen LogP contribution < -0.4 is 0 Å². The lowest BCUT2D eigenvalue weighted by atomic mass is 9.75. The number of nitrogens with one attached hydrogen (secondary N) is 1. The summed E-state index contributed by atoms with van der Waals surface area (Å²) in [5, 5.41) is 11.5. The molecule has 2 fully saturated rings. The average Bonchev–Trinajstić information content (AvgIpc) is 3.34. The van der Waals surface area contributed by atoms with Crippen molar-refractivity contribution in [2.24, 2.45) is 0 Å². The molecule has 0 unspecified atom stereocenters. The van der Waals surface area contributed by atoms with Crippen LogP contribution in [-0.2, 0) is 10.2 Å². The number of benzene rings is 1. The van der Waals surface area contributed by atoms with Crippen LogP contribution in [0.4, 0.5) is 4.39 Å². The lowest BCUT2D eigenvalue weighted by molar-refractivity contribution is 0.0610. The first-order chi connectivity index (χ1) is 15.6. The van der Waals surface area contributed by atoms with Gasteiger partial charge in [-0.05, 0) is 62.4 Å². The SMILES string of the molecule is COCCC1(c2noc(-c3ccc(F)cc3)n2)CCN(C(=O)c2cc(C3CC3)[nH]n2)CC1. The van der Waals surface area contributed by atoms with Gasteiger partial charge in [0.25, 0.3) is 11.8 Å². The molecule has 32 heavy (non-hydrogen) atoms. The van der Waals surface area contributed by atoms with Gasteiger partial charge in [0.05, 0.1) is 0 Å². The first kappa shape index (κ1) is 20.8. The second kappa shape index (κ2) is 8.46. The summed E-state index contributed by atoms with van der Waals surface area (Å²) in [5.74, 6) is 1.13. The van der Waals surface area contributed by atoms with Crippen molar-refractivity contribution in [1.29, 1.82) is 0 Å². The Labute approximate surface area is 185 Å². The van der Waals surface area contributed by atoms with Gasteiger partial charge in [-0.15, -0.1) is 0 Å². The highest BCUT2D eigenvalue weighted by Crippen LogP contribution is 2.40. The number of amides is 1. The van der Waals surface area contributed by atoms with E-state index < -0.39 is 0 Å². The summed E-state index contributed by atoms with van der Waals surface area (Å²) in [4.78, 5) is 19.5. The number of methoxy groups -OCH3 is 1. The number of rotatable bonds is 7. The fourth-order valence-electron chi connectivity index (χ4n) is 4.38. The van der Waals surface area contributed by atoms with Crippen molar-refractivity contribution in [3.63, 3.8) is 0 Å². The standard InChI is InChI=1S/C23H26FN5O3/c1-31-13-10-23(22-25-20(32-28-22)16-4-6-17(24)7-5-16)8-11-29(12-9-23)21(30)19-14-18(26-27-19)15-2-3-15/h4-7,14-15H,2-3,8-13H2,1H3,(H,26,27). The zero-order chi connectivity index (χ0) is 22.1. The molecule has 0 spiro atoms. The molecule has 2 aliphatic rings. The maximum Gasteiger partial charge on any atom is 0.274 e. The van der Waals surface area contributed by atoms with Crippen molar-refractivity contribution in [3.05, 3.63) is 53.4 Å². The van der Waals surface area contributed by atoms with E-state index in [1.54, 1.807) is 19.2 Å². The number of likely N-dealkylation sites (tertiary alicyclic amines) is 1. The van der Waals surface area contributed by atoms with Crippen LogP contribution in [0.25, 0.3) is 11.5 Å². The summed E-state index contributed by atoms with van der Waals surface area (Å²) in [6, 6.07) is 7.87. The highest BCUT2D eigenvalue weighted by molar-refractivity contribution is 5.92. The smallest absolute Gasteiger partial charge is 0.274 e. The van der Waals surface area contributed by atoms with E-state index in [0.29, 0.717) is 61.4 Å². The quantitative estimate of drug-likeness (QED) is 0.603. The van der Waals surface area contributed by atoms with Crippen LogP contribution in [0, 0.1) is 5.82 Å². The normalized spacial score (nSPS) is 18.1. The van der Waals surface area contributed by atoms with Gasteiger partial charge in [0.2, 0.25) is 0 Å². The Balaban J connectivity index is 1.32. The van der Waals surface area contributed by atoms with Gasteiger partial charge in [-0.1, -0.05) is 5.16 Å². The van der Waals surface area contributed by atoms with Gasteiger partial charge in [0.1, 0.15) is 11.5 Å². The predicted molar refractivity (Wildman–Crippen MR) is 114 cm³/mol. The molecule has 168 valence electrons. The molecule has 2 aromatic heterocycles. The number of aromatic nitrogens is 4. The number of H-pyrrole nitrogens is 1. The molecule has 1 saturated carbocycles. The number of halogens is 1. The van der Waals surface area contributed by atoms with Crippen LogP contribution in [0.15, 0.2) is 34.9 Å². The summed E-state index contributed by atoms with van der Waals surface area (Å²) in [7, 11) is 1.67. The molecule has 1 amide bonds. The van der Waals surface area contributed by atoms with Gasteiger partial charge in [0, 0.05) is 49.4 Å². The number of hydrogen-bond donors (Lipinski definition) is 1. The predicted octanol–water partition coefficient (Wildman–Crippen LogP) is 3.69. The number of nitrogens with zero attached hydrogens (tertiary/aromatic N) is 4. The van der Waals surface area contributed by atoms with E-state index in [0.717, 1.165) is 25.0 Å². The number of carbonyl (C=O) groups is 1. The minimum Gasteiger partial charge on any atom is -0.385 e. The summed E-state index contributed by atoms with van der Waals surface area (Å²) in [6.07, 6.45) is 4.44. The van der Waals surface area contributed by atoms with Crippen LogP contribution in [-0.4, -0.2) is 58.0 Å². The molecular formula is C23H26FN5O3. The fourth-order valence-corrected chi connectivity index (χ4v) is 4.38. The van der Waals surface area contributed by atoms with Crippen LogP contribution in [0.1, 0.15) is 60.0 Å². The van der Waals surface area contributed by atoms with Gasteiger partial charge in [-0.25, -0.2) is 4.39 Å². The van der Waals surface area contributed by atoms with Crippen molar-refractivity contribution in [3.8, 4) is 11.5 Å². The number of hydrogen-bond acceptors (Lipinski definition) is 6. The molecule has 3 aromatic rings. The summed E-state index contributed by atoms with van der Waals surface area (Å²) >= 11 is 0.